The number of allylic oxidation sites excluding steroid dienone is 3. The first-order valence-corrected chi connectivity index (χ1v) is 4.38. The molecule has 0 heterocycles. The summed E-state index contributed by atoms with van der Waals surface area (Å²) in [5.41, 5.74) is 6.40. The maximum atomic E-state index is 11.0. The lowest BCUT2D eigenvalue weighted by Gasteiger charge is -1.97. The lowest BCUT2D eigenvalue weighted by Crippen LogP contribution is -2.13. The number of nitrogens with zero attached hydrogens (tertiary/aromatic N) is 1. The largest absolute Gasteiger partial charge is 0.462 e. The number of carbonyl (C=O) groups is 1. The predicted molar refractivity (Wildman–Crippen MR) is 56.8 cm³/mol. The van der Waals surface area contributed by atoms with E-state index in [1.54, 1.807) is 32.9 Å². The smallest absolute Gasteiger partial charge is 0.352 e. The molecular weight excluding hydrogens is 180 g/mol. The Kier molecular flexibility index (Phi) is 6.11. The summed E-state index contributed by atoms with van der Waals surface area (Å²) < 4.78 is 4.74. The fourth-order valence-corrected chi connectivity index (χ4v) is 0.638. The minimum atomic E-state index is -0.398. The van der Waals surface area contributed by atoms with Gasteiger partial charge in [0.2, 0.25) is 0 Å². The van der Waals surface area contributed by atoms with Crippen LogP contribution in [-0.2, 0) is 9.53 Å². The highest BCUT2D eigenvalue weighted by atomic mass is 16.5. The fraction of sp³-hybridized carbons (Fsp3) is 0.400. The molecular formula is C10H16N2O2. The van der Waals surface area contributed by atoms with Gasteiger partial charge in [-0.2, -0.15) is 0 Å². The molecule has 0 aromatic carbocycles. The number of carbonyl (C=O) groups excluding carboxylic acids is 1. The molecule has 0 bridgehead atoms. The average molecular weight is 196 g/mol. The van der Waals surface area contributed by atoms with Crippen molar-refractivity contribution in [3.05, 3.63) is 24.0 Å². The van der Waals surface area contributed by atoms with Crippen molar-refractivity contribution >= 4 is 11.7 Å². The van der Waals surface area contributed by atoms with Crippen molar-refractivity contribution in [3.8, 4) is 0 Å². The second-order valence-electron chi connectivity index (χ2n) is 2.69. The second kappa shape index (κ2) is 6.88. The Morgan fingerprint density at radius 2 is 2.14 bits per heavy atom. The van der Waals surface area contributed by atoms with Gasteiger partial charge in [-0.05, 0) is 32.9 Å². The molecule has 0 unspecified atom stereocenters. The van der Waals surface area contributed by atoms with E-state index in [-0.39, 0.29) is 0 Å². The Balaban J connectivity index is 4.18. The van der Waals surface area contributed by atoms with Crippen LogP contribution < -0.4 is 5.73 Å². The van der Waals surface area contributed by atoms with Crippen LogP contribution in [0.3, 0.4) is 0 Å². The molecule has 14 heavy (non-hydrogen) atoms. The monoisotopic (exact) mass is 196 g/mol. The Morgan fingerprint density at radius 3 is 2.64 bits per heavy atom. The minimum Gasteiger partial charge on any atom is -0.462 e. The number of hydrogen-bond acceptors (Lipinski definition) is 4. The van der Waals surface area contributed by atoms with Crippen molar-refractivity contribution in [2.45, 2.75) is 20.8 Å². The number of nitrogens with two attached hydrogens (primary N) is 1. The highest BCUT2D eigenvalue weighted by Crippen LogP contribution is 1.88. The van der Waals surface area contributed by atoms with Crippen LogP contribution in [0.1, 0.15) is 20.8 Å². The predicted octanol–water partition coefficient (Wildman–Crippen LogP) is 1.39. The molecule has 0 saturated heterocycles. The SMILES string of the molecule is CCOC(=O)/C(C)=N/C=C\C=C(/C)N. The lowest BCUT2D eigenvalue weighted by molar-refractivity contribution is -0.135. The molecule has 0 radical (unpaired) electrons. The zero-order chi connectivity index (χ0) is 11.0. The molecule has 0 aromatic rings. The third-order valence-electron chi connectivity index (χ3n) is 1.28. The van der Waals surface area contributed by atoms with E-state index in [1.807, 2.05) is 0 Å². The van der Waals surface area contributed by atoms with Gasteiger partial charge in [0.1, 0.15) is 5.71 Å². The average Bonchev–Trinajstić information content (AvgIpc) is 2.12. The van der Waals surface area contributed by atoms with E-state index in [4.69, 9.17) is 10.5 Å². The van der Waals surface area contributed by atoms with Gasteiger partial charge in [-0.3, -0.25) is 4.99 Å². The molecule has 4 nitrogen and oxygen atoms in total. The molecule has 0 fully saturated rings. The third-order valence-corrected chi connectivity index (χ3v) is 1.28. The van der Waals surface area contributed by atoms with Gasteiger partial charge < -0.3 is 10.5 Å². The van der Waals surface area contributed by atoms with E-state index < -0.39 is 5.97 Å². The van der Waals surface area contributed by atoms with Crippen molar-refractivity contribution in [2.75, 3.05) is 6.61 Å². The van der Waals surface area contributed by atoms with Crippen molar-refractivity contribution in [1.82, 2.24) is 0 Å². The molecule has 0 aliphatic rings. The van der Waals surface area contributed by atoms with Crippen LogP contribution in [0.15, 0.2) is 29.0 Å². The van der Waals surface area contributed by atoms with Gasteiger partial charge in [0, 0.05) is 11.9 Å². The van der Waals surface area contributed by atoms with Gasteiger partial charge in [0.15, 0.2) is 0 Å². The maximum absolute atomic E-state index is 11.0. The first kappa shape index (κ1) is 12.4. The first-order chi connectivity index (χ1) is 6.57. The summed E-state index contributed by atoms with van der Waals surface area (Å²) in [6, 6.07) is 0. The van der Waals surface area contributed by atoms with Crippen molar-refractivity contribution in [1.29, 1.82) is 0 Å². The Hall–Kier alpha value is -1.58. The van der Waals surface area contributed by atoms with Gasteiger partial charge in [0.05, 0.1) is 6.61 Å². The molecule has 0 atom stereocenters. The van der Waals surface area contributed by atoms with Gasteiger partial charge in [-0.1, -0.05) is 0 Å². The zero-order valence-electron chi connectivity index (χ0n) is 8.78. The molecule has 0 amide bonds. The van der Waals surface area contributed by atoms with Gasteiger partial charge >= 0.3 is 5.97 Å². The highest BCUT2D eigenvalue weighted by molar-refractivity contribution is 6.35. The Labute approximate surface area is 84.2 Å². The van der Waals surface area contributed by atoms with E-state index >= 15 is 0 Å². The standard InChI is InChI=1S/C10H16N2O2/c1-4-14-10(13)9(3)12-7-5-6-8(2)11/h5-7H,4,11H2,1-3H3/b7-5-,8-6+,12-9+. The first-order valence-electron chi connectivity index (χ1n) is 4.38. The van der Waals surface area contributed by atoms with Crippen LogP contribution in [0.25, 0.3) is 0 Å². The number of esters is 1. The summed E-state index contributed by atoms with van der Waals surface area (Å²) in [5.74, 6) is -0.398. The van der Waals surface area contributed by atoms with Crippen LogP contribution in [0, 0.1) is 0 Å². The van der Waals surface area contributed by atoms with Gasteiger partial charge in [-0.25, -0.2) is 4.79 Å². The molecule has 2 N–H and O–H groups in total. The summed E-state index contributed by atoms with van der Waals surface area (Å²) in [6.45, 7) is 5.48. The van der Waals surface area contributed by atoms with E-state index in [2.05, 4.69) is 4.99 Å². The summed E-state index contributed by atoms with van der Waals surface area (Å²) in [5, 5.41) is 0. The van der Waals surface area contributed by atoms with E-state index in [0.29, 0.717) is 18.0 Å². The molecule has 0 aromatic heterocycles. The van der Waals surface area contributed by atoms with Crippen LogP contribution in [0.4, 0.5) is 0 Å². The molecule has 0 aliphatic carbocycles. The van der Waals surface area contributed by atoms with Crippen molar-refractivity contribution < 1.29 is 9.53 Å². The topological polar surface area (TPSA) is 64.7 Å². The molecule has 78 valence electrons. The van der Waals surface area contributed by atoms with Gasteiger partial charge in [-0.15, -0.1) is 0 Å². The van der Waals surface area contributed by atoms with Crippen LogP contribution in [0.2, 0.25) is 0 Å². The van der Waals surface area contributed by atoms with E-state index in [9.17, 15) is 4.79 Å². The highest BCUT2D eigenvalue weighted by Gasteiger charge is 2.03. The summed E-state index contributed by atoms with van der Waals surface area (Å²) >= 11 is 0. The maximum Gasteiger partial charge on any atom is 0.352 e. The van der Waals surface area contributed by atoms with E-state index in [0.717, 1.165) is 0 Å². The van der Waals surface area contributed by atoms with Crippen molar-refractivity contribution in [3.63, 3.8) is 0 Å². The van der Waals surface area contributed by atoms with Gasteiger partial charge in [0.25, 0.3) is 0 Å². The summed E-state index contributed by atoms with van der Waals surface area (Å²) in [7, 11) is 0. The quantitative estimate of drug-likeness (QED) is 0.420. The lowest BCUT2D eigenvalue weighted by atomic mass is 10.4. The minimum absolute atomic E-state index is 0.325. The zero-order valence-corrected chi connectivity index (χ0v) is 8.78. The second-order valence-corrected chi connectivity index (χ2v) is 2.69. The number of ether oxygens (including phenoxy) is 1. The molecule has 0 spiro atoms. The molecule has 0 aliphatic heterocycles. The fourth-order valence-electron chi connectivity index (χ4n) is 0.638. The Bertz CT molecular complexity index is 274. The van der Waals surface area contributed by atoms with E-state index in [1.165, 1.54) is 6.20 Å². The Morgan fingerprint density at radius 1 is 1.50 bits per heavy atom. The van der Waals surface area contributed by atoms with Crippen LogP contribution in [-0.4, -0.2) is 18.3 Å². The number of hydrogen-bond donors (Lipinski definition) is 1. The number of aliphatic imine (C=N–C) groups is 1. The van der Waals surface area contributed by atoms with Crippen LogP contribution >= 0.6 is 0 Å². The molecule has 0 saturated carbocycles. The third kappa shape index (κ3) is 5.99. The van der Waals surface area contributed by atoms with Crippen molar-refractivity contribution in [2.24, 2.45) is 10.7 Å². The normalized spacial score (nSPS) is 13.4. The summed E-state index contributed by atoms with van der Waals surface area (Å²) in [6.07, 6.45) is 4.86. The molecule has 4 heteroatoms. The molecule has 0 rings (SSSR count). The van der Waals surface area contributed by atoms with Crippen LogP contribution in [0.5, 0.6) is 0 Å². The summed E-state index contributed by atoms with van der Waals surface area (Å²) in [4.78, 5) is 14.9. The number of rotatable bonds is 4.